The minimum atomic E-state index is 0.774. The second-order valence-corrected chi connectivity index (χ2v) is 4.23. The van der Waals surface area contributed by atoms with Gasteiger partial charge >= 0.3 is 0 Å². The van der Waals surface area contributed by atoms with Crippen LogP contribution in [0, 0.1) is 0 Å². The maximum absolute atomic E-state index is 4.94. The van der Waals surface area contributed by atoms with E-state index in [1.807, 2.05) is 12.3 Å². The van der Waals surface area contributed by atoms with Gasteiger partial charge in [0.2, 0.25) is 0 Å². The molecule has 0 radical (unpaired) electrons. The highest BCUT2D eigenvalue weighted by Gasteiger charge is 1.94. The Kier molecular flexibility index (Phi) is 6.55. The van der Waals surface area contributed by atoms with Crippen LogP contribution in [0.25, 0.3) is 0 Å². The Bertz CT molecular complexity index is 264. The molecular formula is C11H17BrN2O. The summed E-state index contributed by atoms with van der Waals surface area (Å²) in [6, 6.07) is 4.08. The fourth-order valence-electron chi connectivity index (χ4n) is 1.25. The molecule has 0 bridgehead atoms. The topological polar surface area (TPSA) is 34.1 Å². The van der Waals surface area contributed by atoms with Crippen molar-refractivity contribution in [2.24, 2.45) is 0 Å². The molecule has 0 atom stereocenters. The van der Waals surface area contributed by atoms with Crippen LogP contribution in [0.4, 0.5) is 0 Å². The first-order valence-corrected chi connectivity index (χ1v) is 5.92. The number of rotatable bonds is 7. The molecule has 0 saturated carbocycles. The van der Waals surface area contributed by atoms with Crippen molar-refractivity contribution in [2.75, 3.05) is 26.8 Å². The van der Waals surface area contributed by atoms with E-state index in [2.05, 4.69) is 32.3 Å². The Morgan fingerprint density at radius 1 is 1.40 bits per heavy atom. The molecule has 0 fully saturated rings. The number of hydrogen-bond acceptors (Lipinski definition) is 3. The number of nitrogens with zero attached hydrogens (tertiary/aromatic N) is 1. The monoisotopic (exact) mass is 272 g/mol. The summed E-state index contributed by atoms with van der Waals surface area (Å²) in [5.41, 5.74) is 1.15. The van der Waals surface area contributed by atoms with Gasteiger partial charge in [-0.2, -0.15) is 0 Å². The molecule has 15 heavy (non-hydrogen) atoms. The molecule has 1 aromatic rings. The zero-order valence-electron chi connectivity index (χ0n) is 9.00. The Labute approximate surface area is 99.4 Å². The highest BCUT2D eigenvalue weighted by molar-refractivity contribution is 9.10. The van der Waals surface area contributed by atoms with E-state index in [1.165, 1.54) is 0 Å². The van der Waals surface area contributed by atoms with Crippen LogP contribution in [-0.4, -0.2) is 31.8 Å². The second-order valence-electron chi connectivity index (χ2n) is 3.31. The molecule has 3 nitrogen and oxygen atoms in total. The third kappa shape index (κ3) is 5.87. The Morgan fingerprint density at radius 3 is 2.93 bits per heavy atom. The first kappa shape index (κ1) is 12.6. The average molecular weight is 273 g/mol. The van der Waals surface area contributed by atoms with E-state index >= 15 is 0 Å². The van der Waals surface area contributed by atoms with Crippen LogP contribution in [0.1, 0.15) is 12.1 Å². The molecule has 0 aliphatic heterocycles. The van der Waals surface area contributed by atoms with E-state index in [0.717, 1.165) is 42.7 Å². The van der Waals surface area contributed by atoms with Gasteiger partial charge in [-0.1, -0.05) is 0 Å². The van der Waals surface area contributed by atoms with Crippen molar-refractivity contribution < 1.29 is 4.74 Å². The first-order chi connectivity index (χ1) is 7.33. The maximum atomic E-state index is 4.94. The third-order valence-electron chi connectivity index (χ3n) is 2.06. The minimum absolute atomic E-state index is 0.774. The van der Waals surface area contributed by atoms with E-state index in [9.17, 15) is 0 Å². The van der Waals surface area contributed by atoms with Gasteiger partial charge in [0.15, 0.2) is 0 Å². The largest absolute Gasteiger partial charge is 0.383 e. The van der Waals surface area contributed by atoms with Crippen molar-refractivity contribution in [1.29, 1.82) is 0 Å². The van der Waals surface area contributed by atoms with Crippen LogP contribution in [0.2, 0.25) is 0 Å². The molecule has 0 aliphatic carbocycles. The lowest BCUT2D eigenvalue weighted by Gasteiger charge is -2.03. The molecule has 0 saturated heterocycles. The van der Waals surface area contributed by atoms with Crippen LogP contribution < -0.4 is 5.32 Å². The molecule has 0 unspecified atom stereocenters. The van der Waals surface area contributed by atoms with Gasteiger partial charge in [-0.3, -0.25) is 4.98 Å². The summed E-state index contributed by atoms with van der Waals surface area (Å²) < 4.78 is 5.97. The quantitative estimate of drug-likeness (QED) is 0.772. The summed E-state index contributed by atoms with van der Waals surface area (Å²) in [5.74, 6) is 0. The molecule has 0 amide bonds. The van der Waals surface area contributed by atoms with Crippen molar-refractivity contribution in [3.8, 4) is 0 Å². The lowest BCUT2D eigenvalue weighted by Crippen LogP contribution is -2.20. The molecule has 1 aromatic heterocycles. The van der Waals surface area contributed by atoms with Crippen LogP contribution in [0.3, 0.4) is 0 Å². The van der Waals surface area contributed by atoms with Crippen molar-refractivity contribution in [3.05, 3.63) is 28.5 Å². The molecular weight excluding hydrogens is 256 g/mol. The molecule has 0 aromatic carbocycles. The number of methoxy groups -OCH3 is 1. The standard InChI is InChI=1S/C11H17BrN2O/c1-15-8-7-13-6-2-3-11-5-4-10(12)9-14-11/h4-5,9,13H,2-3,6-8H2,1H3. The predicted octanol–water partition coefficient (Wildman–Crippen LogP) is 2.01. The number of ether oxygens (including phenoxy) is 1. The van der Waals surface area contributed by atoms with Crippen molar-refractivity contribution >= 4 is 15.9 Å². The summed E-state index contributed by atoms with van der Waals surface area (Å²) in [4.78, 5) is 4.31. The van der Waals surface area contributed by atoms with E-state index in [4.69, 9.17) is 4.74 Å². The first-order valence-electron chi connectivity index (χ1n) is 5.13. The molecule has 4 heteroatoms. The fourth-order valence-corrected chi connectivity index (χ4v) is 1.48. The smallest absolute Gasteiger partial charge is 0.0587 e. The van der Waals surface area contributed by atoms with Gasteiger partial charge in [0.1, 0.15) is 0 Å². The third-order valence-corrected chi connectivity index (χ3v) is 2.53. The van der Waals surface area contributed by atoms with Crippen molar-refractivity contribution in [3.63, 3.8) is 0 Å². The number of aryl methyl sites for hydroxylation is 1. The lowest BCUT2D eigenvalue weighted by molar-refractivity contribution is 0.199. The maximum Gasteiger partial charge on any atom is 0.0587 e. The number of halogens is 1. The lowest BCUT2D eigenvalue weighted by atomic mass is 10.2. The minimum Gasteiger partial charge on any atom is -0.383 e. The number of aromatic nitrogens is 1. The molecule has 1 rings (SSSR count). The zero-order chi connectivity index (χ0) is 10.9. The Hall–Kier alpha value is -0.450. The highest BCUT2D eigenvalue weighted by Crippen LogP contribution is 2.08. The van der Waals surface area contributed by atoms with Gasteiger partial charge in [0.25, 0.3) is 0 Å². The molecule has 84 valence electrons. The average Bonchev–Trinajstić information content (AvgIpc) is 2.26. The van der Waals surface area contributed by atoms with E-state index in [1.54, 1.807) is 7.11 Å². The summed E-state index contributed by atoms with van der Waals surface area (Å²) in [6.07, 6.45) is 3.97. The van der Waals surface area contributed by atoms with Gasteiger partial charge < -0.3 is 10.1 Å². The van der Waals surface area contributed by atoms with E-state index < -0.39 is 0 Å². The molecule has 0 spiro atoms. The molecule has 1 N–H and O–H groups in total. The van der Waals surface area contributed by atoms with Crippen LogP contribution in [0.15, 0.2) is 22.8 Å². The summed E-state index contributed by atoms with van der Waals surface area (Å²) in [5, 5.41) is 3.31. The van der Waals surface area contributed by atoms with Gasteiger partial charge in [-0.05, 0) is 47.4 Å². The van der Waals surface area contributed by atoms with Gasteiger partial charge in [-0.15, -0.1) is 0 Å². The fraction of sp³-hybridized carbons (Fsp3) is 0.545. The van der Waals surface area contributed by atoms with Crippen LogP contribution in [0.5, 0.6) is 0 Å². The molecule has 1 heterocycles. The normalized spacial score (nSPS) is 10.5. The summed E-state index contributed by atoms with van der Waals surface area (Å²) in [7, 11) is 1.72. The van der Waals surface area contributed by atoms with Gasteiger partial charge in [-0.25, -0.2) is 0 Å². The van der Waals surface area contributed by atoms with Crippen LogP contribution >= 0.6 is 15.9 Å². The number of nitrogens with one attached hydrogen (secondary N) is 1. The zero-order valence-corrected chi connectivity index (χ0v) is 10.6. The van der Waals surface area contributed by atoms with Gasteiger partial charge in [0, 0.05) is 30.0 Å². The van der Waals surface area contributed by atoms with Gasteiger partial charge in [0.05, 0.1) is 6.61 Å². The number of pyridine rings is 1. The Balaban J connectivity index is 2.07. The Morgan fingerprint density at radius 2 is 2.27 bits per heavy atom. The van der Waals surface area contributed by atoms with E-state index in [0.29, 0.717) is 0 Å². The van der Waals surface area contributed by atoms with Crippen molar-refractivity contribution in [2.45, 2.75) is 12.8 Å². The second kappa shape index (κ2) is 7.79. The SMILES string of the molecule is COCCNCCCc1ccc(Br)cn1. The van der Waals surface area contributed by atoms with Crippen LogP contribution in [-0.2, 0) is 11.2 Å². The van der Waals surface area contributed by atoms with Crippen molar-refractivity contribution in [1.82, 2.24) is 10.3 Å². The predicted molar refractivity (Wildman–Crippen MR) is 65.0 cm³/mol. The summed E-state index contributed by atoms with van der Waals surface area (Å²) in [6.45, 7) is 2.71. The van der Waals surface area contributed by atoms with E-state index in [-0.39, 0.29) is 0 Å². The summed E-state index contributed by atoms with van der Waals surface area (Å²) >= 11 is 3.37. The highest BCUT2D eigenvalue weighted by atomic mass is 79.9. The number of hydrogen-bond donors (Lipinski definition) is 1. The molecule has 0 aliphatic rings.